The molecule has 4 nitrogen and oxygen atoms in total. The van der Waals surface area contributed by atoms with Crippen LogP contribution in [0.3, 0.4) is 0 Å². The summed E-state index contributed by atoms with van der Waals surface area (Å²) in [5.41, 5.74) is -0.388. The third-order valence-electron chi connectivity index (χ3n) is 1.80. The molecular weight excluding hydrogens is 197 g/mol. The molecule has 7 heteroatoms. The quantitative estimate of drug-likeness (QED) is 0.604. The van der Waals surface area contributed by atoms with Gasteiger partial charge in [0.25, 0.3) is 0 Å². The number of hydrogen-bond acceptors (Lipinski definition) is 4. The standard InChI is InChI=1S/C7H5BF2O4/c9-5-3(8(11)12)1-2-4-6(5)14-7(10)13-4/h1-2,7,11-12H. The minimum atomic E-state index is -2.05. The van der Waals surface area contributed by atoms with Crippen molar-refractivity contribution in [3.05, 3.63) is 17.9 Å². The minimum absolute atomic E-state index is 0.0978. The summed E-state index contributed by atoms with van der Waals surface area (Å²) in [6.45, 7) is -2.05. The normalized spacial score (nSPS) is 18.4. The lowest BCUT2D eigenvalue weighted by Gasteiger charge is -2.03. The number of benzene rings is 1. The lowest BCUT2D eigenvalue weighted by atomic mass is 9.79. The van der Waals surface area contributed by atoms with Gasteiger partial charge in [-0.05, 0) is 6.07 Å². The van der Waals surface area contributed by atoms with E-state index in [0.29, 0.717) is 0 Å². The van der Waals surface area contributed by atoms with Gasteiger partial charge in [0.1, 0.15) is 0 Å². The minimum Gasteiger partial charge on any atom is -0.425 e. The van der Waals surface area contributed by atoms with Crippen molar-refractivity contribution >= 4 is 12.6 Å². The van der Waals surface area contributed by atoms with Gasteiger partial charge >= 0.3 is 13.7 Å². The van der Waals surface area contributed by atoms with E-state index in [1.165, 1.54) is 6.07 Å². The Labute approximate surface area is 77.8 Å². The van der Waals surface area contributed by atoms with Crippen LogP contribution in [-0.2, 0) is 0 Å². The lowest BCUT2D eigenvalue weighted by Crippen LogP contribution is -2.32. The van der Waals surface area contributed by atoms with Crippen molar-refractivity contribution in [2.45, 2.75) is 6.54 Å². The zero-order valence-corrected chi connectivity index (χ0v) is 6.78. The highest BCUT2D eigenvalue weighted by Gasteiger charge is 2.30. The molecule has 0 fully saturated rings. The molecule has 0 aromatic heterocycles. The smallest absolute Gasteiger partial charge is 0.425 e. The van der Waals surface area contributed by atoms with Crippen molar-refractivity contribution < 1.29 is 28.3 Å². The van der Waals surface area contributed by atoms with E-state index >= 15 is 0 Å². The third-order valence-corrected chi connectivity index (χ3v) is 1.80. The molecule has 1 aromatic carbocycles. The van der Waals surface area contributed by atoms with Crippen LogP contribution in [0.2, 0.25) is 0 Å². The van der Waals surface area contributed by atoms with Crippen LogP contribution in [0.5, 0.6) is 11.5 Å². The summed E-state index contributed by atoms with van der Waals surface area (Å²) in [4.78, 5) is 0. The maximum atomic E-state index is 13.3. The summed E-state index contributed by atoms with van der Waals surface area (Å²) in [6.07, 6.45) is 0. The molecule has 0 saturated heterocycles. The molecule has 2 rings (SSSR count). The van der Waals surface area contributed by atoms with Crippen molar-refractivity contribution in [1.29, 1.82) is 0 Å². The molecule has 0 amide bonds. The van der Waals surface area contributed by atoms with Gasteiger partial charge < -0.3 is 19.5 Å². The Morgan fingerprint density at radius 2 is 2.00 bits per heavy atom. The molecule has 0 saturated carbocycles. The highest BCUT2D eigenvalue weighted by atomic mass is 19.2. The molecule has 0 bridgehead atoms. The number of hydrogen-bond donors (Lipinski definition) is 2. The van der Waals surface area contributed by atoms with Gasteiger partial charge in [-0.3, -0.25) is 0 Å². The molecule has 1 atom stereocenters. The fraction of sp³-hybridized carbons (Fsp3) is 0.143. The predicted octanol–water partition coefficient (Wildman–Crippen LogP) is -0.470. The maximum absolute atomic E-state index is 13.3. The lowest BCUT2D eigenvalue weighted by molar-refractivity contribution is -0.0662. The molecule has 1 unspecified atom stereocenters. The van der Waals surface area contributed by atoms with Gasteiger partial charge in [0, 0.05) is 5.46 Å². The first kappa shape index (κ1) is 9.23. The number of halogens is 2. The first-order valence-electron chi connectivity index (χ1n) is 3.75. The highest BCUT2D eigenvalue weighted by molar-refractivity contribution is 6.58. The fourth-order valence-corrected chi connectivity index (χ4v) is 1.17. The van der Waals surface area contributed by atoms with E-state index in [1.807, 2.05) is 0 Å². The van der Waals surface area contributed by atoms with Crippen molar-refractivity contribution in [3.8, 4) is 11.5 Å². The molecule has 0 radical (unpaired) electrons. The second-order valence-electron chi connectivity index (χ2n) is 2.68. The number of rotatable bonds is 1. The van der Waals surface area contributed by atoms with Crippen LogP contribution in [0, 0.1) is 5.82 Å². The number of fused-ring (bicyclic) bond motifs is 1. The summed E-state index contributed by atoms with van der Waals surface area (Å²) in [6, 6.07) is 2.28. The number of ether oxygens (including phenoxy) is 2. The van der Waals surface area contributed by atoms with Crippen molar-refractivity contribution in [2.75, 3.05) is 0 Å². The van der Waals surface area contributed by atoms with E-state index in [1.54, 1.807) is 0 Å². The molecule has 1 heterocycles. The van der Waals surface area contributed by atoms with Crippen molar-refractivity contribution in [2.24, 2.45) is 0 Å². The van der Waals surface area contributed by atoms with E-state index < -0.39 is 25.2 Å². The van der Waals surface area contributed by atoms with Gasteiger partial charge in [0.2, 0.25) is 5.75 Å². The van der Waals surface area contributed by atoms with E-state index in [9.17, 15) is 8.78 Å². The number of alkyl halides is 1. The SMILES string of the molecule is OB(O)c1ccc2c(c1F)OC(F)O2. The molecular formula is C7H5BF2O4. The molecule has 1 aromatic rings. The molecule has 1 aliphatic heterocycles. The third kappa shape index (κ3) is 1.30. The molecule has 0 spiro atoms. The van der Waals surface area contributed by atoms with Crippen LogP contribution in [0.25, 0.3) is 0 Å². The Kier molecular flexibility index (Phi) is 2.05. The fourth-order valence-electron chi connectivity index (χ4n) is 1.17. The van der Waals surface area contributed by atoms with Gasteiger partial charge in [-0.1, -0.05) is 6.07 Å². The second kappa shape index (κ2) is 3.11. The maximum Gasteiger partial charge on any atom is 0.491 e. The van der Waals surface area contributed by atoms with Gasteiger partial charge in [-0.2, -0.15) is 4.39 Å². The molecule has 74 valence electrons. The van der Waals surface area contributed by atoms with E-state index in [0.717, 1.165) is 6.07 Å². The summed E-state index contributed by atoms with van der Waals surface area (Å²) in [5, 5.41) is 17.5. The summed E-state index contributed by atoms with van der Waals surface area (Å²) >= 11 is 0. The first-order chi connectivity index (χ1) is 6.59. The summed E-state index contributed by atoms with van der Waals surface area (Å²) in [5.74, 6) is -1.57. The van der Waals surface area contributed by atoms with Crippen LogP contribution < -0.4 is 14.9 Å². The topological polar surface area (TPSA) is 58.9 Å². The van der Waals surface area contributed by atoms with Crippen LogP contribution in [0.1, 0.15) is 0 Å². The van der Waals surface area contributed by atoms with Gasteiger partial charge in [0.05, 0.1) is 0 Å². The van der Waals surface area contributed by atoms with E-state index in [4.69, 9.17) is 10.0 Å². The molecule has 0 aliphatic carbocycles. The Bertz CT molecular complexity index is 371. The van der Waals surface area contributed by atoms with Crippen molar-refractivity contribution in [3.63, 3.8) is 0 Å². The van der Waals surface area contributed by atoms with Crippen LogP contribution in [-0.4, -0.2) is 23.7 Å². The van der Waals surface area contributed by atoms with Crippen LogP contribution in [0.4, 0.5) is 8.78 Å². The van der Waals surface area contributed by atoms with Gasteiger partial charge in [-0.15, -0.1) is 0 Å². The van der Waals surface area contributed by atoms with E-state index in [2.05, 4.69) is 9.47 Å². The van der Waals surface area contributed by atoms with E-state index in [-0.39, 0.29) is 11.2 Å². The highest BCUT2D eigenvalue weighted by Crippen LogP contribution is 2.36. The molecule has 2 N–H and O–H groups in total. The Balaban J connectivity index is 2.48. The summed E-state index contributed by atoms with van der Waals surface area (Å²) in [7, 11) is -1.97. The van der Waals surface area contributed by atoms with Crippen molar-refractivity contribution in [1.82, 2.24) is 0 Å². The largest absolute Gasteiger partial charge is 0.491 e. The molecule has 1 aliphatic rings. The average molecular weight is 202 g/mol. The Morgan fingerprint density at radius 1 is 1.29 bits per heavy atom. The molecule has 14 heavy (non-hydrogen) atoms. The average Bonchev–Trinajstić information content (AvgIpc) is 2.46. The van der Waals surface area contributed by atoms with Crippen LogP contribution in [0.15, 0.2) is 12.1 Å². The monoisotopic (exact) mass is 202 g/mol. The Hall–Kier alpha value is -1.34. The summed E-state index contributed by atoms with van der Waals surface area (Å²) < 4.78 is 34.6. The zero-order chi connectivity index (χ0) is 10.3. The predicted molar refractivity (Wildman–Crippen MR) is 42.4 cm³/mol. The van der Waals surface area contributed by atoms with Crippen LogP contribution >= 0.6 is 0 Å². The second-order valence-corrected chi connectivity index (χ2v) is 2.68. The first-order valence-corrected chi connectivity index (χ1v) is 3.75. The Morgan fingerprint density at radius 3 is 2.64 bits per heavy atom. The zero-order valence-electron chi connectivity index (χ0n) is 6.78. The van der Waals surface area contributed by atoms with Gasteiger partial charge in [-0.25, -0.2) is 4.39 Å². The van der Waals surface area contributed by atoms with Gasteiger partial charge in [0.15, 0.2) is 11.6 Å².